The Labute approximate surface area is 205 Å². The van der Waals surface area contributed by atoms with E-state index in [9.17, 15) is 14.4 Å². The average molecular weight is 472 g/mol. The Morgan fingerprint density at radius 3 is 1.66 bits per heavy atom. The van der Waals surface area contributed by atoms with Crippen molar-refractivity contribution in [3.05, 3.63) is 101 Å². The predicted molar refractivity (Wildman–Crippen MR) is 137 cm³/mol. The number of benzene rings is 3. The zero-order valence-corrected chi connectivity index (χ0v) is 20.3. The highest BCUT2D eigenvalue weighted by atomic mass is 16.5. The molecule has 0 saturated heterocycles. The number of carbonyl (C=O) groups is 3. The molecular weight excluding hydrogens is 442 g/mol. The van der Waals surface area contributed by atoms with Crippen molar-refractivity contribution in [3.63, 3.8) is 0 Å². The third-order valence-corrected chi connectivity index (χ3v) is 4.79. The zero-order valence-electron chi connectivity index (χ0n) is 20.3. The summed E-state index contributed by atoms with van der Waals surface area (Å²) in [7, 11) is 0. The van der Waals surface area contributed by atoms with Crippen LogP contribution in [-0.2, 0) is 14.3 Å². The summed E-state index contributed by atoms with van der Waals surface area (Å²) in [5.74, 6) is -1.59. The number of anilines is 1. The second-order valence-corrected chi connectivity index (χ2v) is 8.50. The molecule has 35 heavy (non-hydrogen) atoms. The SMILES string of the molecule is CC(C)OC(=O)c1cc(NC(=O)/C(=C/c2ccccc2)c2ccccc2)cc(C(=O)OC(C)C)c1. The Kier molecular flexibility index (Phi) is 8.57. The molecule has 0 atom stereocenters. The Hall–Kier alpha value is -4.19. The van der Waals surface area contributed by atoms with Crippen LogP contribution in [0.15, 0.2) is 78.9 Å². The fourth-order valence-electron chi connectivity index (χ4n) is 3.31. The average Bonchev–Trinajstić information content (AvgIpc) is 2.82. The topological polar surface area (TPSA) is 81.7 Å². The fraction of sp³-hybridized carbons (Fsp3) is 0.207. The highest BCUT2D eigenvalue weighted by Gasteiger charge is 2.19. The highest BCUT2D eigenvalue weighted by Crippen LogP contribution is 2.23. The molecule has 0 heterocycles. The molecule has 3 aromatic rings. The van der Waals surface area contributed by atoms with Gasteiger partial charge in [0, 0.05) is 11.3 Å². The van der Waals surface area contributed by atoms with Crippen LogP contribution in [0.25, 0.3) is 11.6 Å². The van der Waals surface area contributed by atoms with Crippen molar-refractivity contribution in [1.29, 1.82) is 0 Å². The second kappa shape index (κ2) is 11.8. The predicted octanol–water partition coefficient (Wildman–Crippen LogP) is 6.00. The number of ether oxygens (including phenoxy) is 2. The van der Waals surface area contributed by atoms with Crippen LogP contribution in [0.2, 0.25) is 0 Å². The minimum atomic E-state index is -0.599. The molecule has 0 aromatic heterocycles. The Balaban J connectivity index is 2.00. The van der Waals surface area contributed by atoms with Gasteiger partial charge in [0.05, 0.1) is 23.3 Å². The summed E-state index contributed by atoms with van der Waals surface area (Å²) in [5.41, 5.74) is 2.57. The maximum atomic E-state index is 13.4. The summed E-state index contributed by atoms with van der Waals surface area (Å²) >= 11 is 0. The molecule has 3 rings (SSSR count). The van der Waals surface area contributed by atoms with Crippen molar-refractivity contribution < 1.29 is 23.9 Å². The van der Waals surface area contributed by atoms with Gasteiger partial charge in [0.2, 0.25) is 0 Å². The van der Waals surface area contributed by atoms with Gasteiger partial charge in [-0.3, -0.25) is 4.79 Å². The van der Waals surface area contributed by atoms with Crippen LogP contribution in [0.1, 0.15) is 59.5 Å². The maximum absolute atomic E-state index is 13.4. The van der Waals surface area contributed by atoms with Crippen LogP contribution < -0.4 is 5.32 Å². The molecule has 180 valence electrons. The molecule has 0 radical (unpaired) electrons. The lowest BCUT2D eigenvalue weighted by molar-refractivity contribution is -0.111. The van der Waals surface area contributed by atoms with E-state index in [0.717, 1.165) is 11.1 Å². The highest BCUT2D eigenvalue weighted by molar-refractivity contribution is 6.29. The van der Waals surface area contributed by atoms with E-state index in [4.69, 9.17) is 9.47 Å². The van der Waals surface area contributed by atoms with Crippen LogP contribution in [0.5, 0.6) is 0 Å². The molecule has 0 bridgehead atoms. The molecular formula is C29H29NO5. The van der Waals surface area contributed by atoms with Crippen LogP contribution in [0.3, 0.4) is 0 Å². The molecule has 0 aliphatic carbocycles. The smallest absolute Gasteiger partial charge is 0.338 e. The Morgan fingerprint density at radius 2 is 1.17 bits per heavy atom. The third-order valence-electron chi connectivity index (χ3n) is 4.79. The molecule has 1 amide bonds. The number of hydrogen-bond acceptors (Lipinski definition) is 5. The molecule has 0 aliphatic heterocycles. The Bertz CT molecular complexity index is 1170. The van der Waals surface area contributed by atoms with E-state index in [2.05, 4.69) is 5.32 Å². The van der Waals surface area contributed by atoms with Crippen molar-refractivity contribution in [2.45, 2.75) is 39.9 Å². The van der Waals surface area contributed by atoms with Gasteiger partial charge in [-0.15, -0.1) is 0 Å². The molecule has 0 spiro atoms. The summed E-state index contributed by atoms with van der Waals surface area (Å²) in [6.45, 7) is 6.94. The summed E-state index contributed by atoms with van der Waals surface area (Å²) in [5, 5.41) is 2.84. The van der Waals surface area contributed by atoms with Gasteiger partial charge < -0.3 is 14.8 Å². The van der Waals surface area contributed by atoms with E-state index >= 15 is 0 Å². The van der Waals surface area contributed by atoms with Gasteiger partial charge >= 0.3 is 11.9 Å². The molecule has 0 unspecified atom stereocenters. The van der Waals surface area contributed by atoms with E-state index in [1.54, 1.807) is 33.8 Å². The minimum Gasteiger partial charge on any atom is -0.459 e. The monoisotopic (exact) mass is 471 g/mol. The lowest BCUT2D eigenvalue weighted by Crippen LogP contribution is -2.18. The number of amides is 1. The van der Waals surface area contributed by atoms with E-state index in [-0.39, 0.29) is 29.0 Å². The molecule has 0 aliphatic rings. The quantitative estimate of drug-likeness (QED) is 0.248. The lowest BCUT2D eigenvalue weighted by atomic mass is 10.0. The van der Waals surface area contributed by atoms with Gasteiger partial charge in [-0.2, -0.15) is 0 Å². The molecule has 6 heteroatoms. The minimum absolute atomic E-state index is 0.139. The van der Waals surface area contributed by atoms with E-state index in [0.29, 0.717) is 5.57 Å². The first kappa shape index (κ1) is 25.4. The first-order chi connectivity index (χ1) is 16.7. The number of esters is 2. The van der Waals surface area contributed by atoms with Gasteiger partial charge in [-0.05, 0) is 63.1 Å². The molecule has 1 N–H and O–H groups in total. The van der Waals surface area contributed by atoms with Crippen LogP contribution in [-0.4, -0.2) is 30.1 Å². The van der Waals surface area contributed by atoms with Crippen LogP contribution in [0, 0.1) is 0 Å². The number of nitrogens with one attached hydrogen (secondary N) is 1. The van der Waals surface area contributed by atoms with Gasteiger partial charge in [0.25, 0.3) is 5.91 Å². The number of hydrogen-bond donors (Lipinski definition) is 1. The van der Waals surface area contributed by atoms with Gasteiger partial charge in [0.15, 0.2) is 0 Å². The van der Waals surface area contributed by atoms with E-state index in [1.165, 1.54) is 18.2 Å². The van der Waals surface area contributed by atoms with Crippen molar-refractivity contribution >= 4 is 35.2 Å². The first-order valence-corrected chi connectivity index (χ1v) is 11.4. The summed E-state index contributed by atoms with van der Waals surface area (Å²) in [6.07, 6.45) is 1.10. The van der Waals surface area contributed by atoms with Crippen molar-refractivity contribution in [2.75, 3.05) is 5.32 Å². The second-order valence-electron chi connectivity index (χ2n) is 8.50. The molecule has 3 aromatic carbocycles. The van der Waals surface area contributed by atoms with E-state index in [1.807, 2.05) is 60.7 Å². The maximum Gasteiger partial charge on any atom is 0.338 e. The van der Waals surface area contributed by atoms with E-state index < -0.39 is 17.8 Å². The first-order valence-electron chi connectivity index (χ1n) is 11.4. The summed E-state index contributed by atoms with van der Waals surface area (Å²) in [6, 6.07) is 23.1. The number of rotatable bonds is 8. The van der Waals surface area contributed by atoms with Crippen LogP contribution >= 0.6 is 0 Å². The Morgan fingerprint density at radius 1 is 0.686 bits per heavy atom. The van der Waals surface area contributed by atoms with Gasteiger partial charge in [0.1, 0.15) is 0 Å². The molecule has 0 fully saturated rings. The summed E-state index contributed by atoms with van der Waals surface area (Å²) < 4.78 is 10.6. The third kappa shape index (κ3) is 7.40. The molecule has 0 saturated carbocycles. The standard InChI is InChI=1S/C29H29NO5/c1-19(2)34-28(32)23-16-24(29(33)35-20(3)4)18-25(17-23)30-27(31)26(22-13-9-6-10-14-22)15-21-11-7-5-8-12-21/h5-20H,1-4H3,(H,30,31)/b26-15+. The molecule has 6 nitrogen and oxygen atoms in total. The summed E-state index contributed by atoms with van der Waals surface area (Å²) in [4.78, 5) is 38.6. The van der Waals surface area contributed by atoms with Gasteiger partial charge in [-0.1, -0.05) is 60.7 Å². The lowest BCUT2D eigenvalue weighted by Gasteiger charge is -2.14. The normalized spacial score (nSPS) is 11.3. The zero-order chi connectivity index (χ0) is 25.4. The van der Waals surface area contributed by atoms with Crippen molar-refractivity contribution in [1.82, 2.24) is 0 Å². The van der Waals surface area contributed by atoms with Crippen molar-refractivity contribution in [3.8, 4) is 0 Å². The van der Waals surface area contributed by atoms with Crippen molar-refractivity contribution in [2.24, 2.45) is 0 Å². The number of carbonyl (C=O) groups excluding carboxylic acids is 3. The fourth-order valence-corrected chi connectivity index (χ4v) is 3.31. The van der Waals surface area contributed by atoms with Crippen LogP contribution in [0.4, 0.5) is 5.69 Å². The largest absolute Gasteiger partial charge is 0.459 e. The van der Waals surface area contributed by atoms with Gasteiger partial charge in [-0.25, -0.2) is 9.59 Å².